The Labute approximate surface area is 182 Å². The molecule has 0 N–H and O–H groups in total. The molecule has 0 radical (unpaired) electrons. The summed E-state index contributed by atoms with van der Waals surface area (Å²) in [6.07, 6.45) is 2.24. The molecule has 1 saturated heterocycles. The Bertz CT molecular complexity index is 1080. The summed E-state index contributed by atoms with van der Waals surface area (Å²) in [5, 5.41) is 2.68. The molecule has 2 aromatic carbocycles. The van der Waals surface area contributed by atoms with Gasteiger partial charge in [0.1, 0.15) is 5.75 Å². The average molecular weight is 443 g/mol. The lowest BCUT2D eigenvalue weighted by Gasteiger charge is -2.31. The number of methoxy groups -OCH3 is 1. The highest BCUT2D eigenvalue weighted by Gasteiger charge is 2.32. The molecule has 0 aliphatic carbocycles. The second-order valence-corrected chi connectivity index (χ2v) is 10.5. The normalized spacial score (nSPS) is 15.3. The van der Waals surface area contributed by atoms with Crippen LogP contribution in [0.2, 0.25) is 0 Å². The fraction of sp³-hybridized carbons (Fsp3) is 0.348. The Morgan fingerprint density at radius 2 is 1.73 bits per heavy atom. The minimum atomic E-state index is -3.34. The molecule has 0 bridgehead atoms. The molecule has 5 nitrogen and oxygen atoms in total. The zero-order valence-corrected chi connectivity index (χ0v) is 18.9. The monoisotopic (exact) mass is 442 g/mol. The van der Waals surface area contributed by atoms with Crippen LogP contribution in [0.5, 0.6) is 5.75 Å². The number of rotatable bonds is 6. The first-order chi connectivity index (χ1) is 14.5. The van der Waals surface area contributed by atoms with Crippen molar-refractivity contribution in [3.63, 3.8) is 0 Å². The van der Waals surface area contributed by atoms with Crippen LogP contribution in [0.25, 0.3) is 11.3 Å². The summed E-state index contributed by atoms with van der Waals surface area (Å²) < 4.78 is 31.1. The first-order valence-electron chi connectivity index (χ1n) is 10.2. The number of nitrogens with zero attached hydrogens (tertiary/aromatic N) is 2. The molecular weight excluding hydrogens is 416 g/mol. The molecule has 0 atom stereocenters. The standard InChI is InChI=1S/C23H26N2O3S2/c1-3-17-4-6-18(7-5-17)22-16-29-23(24-22)25-14-12-21(13-15-25)30(26,27)20-10-8-19(28-2)9-11-20/h4-11,16,21H,3,12-15H2,1-2H3. The van der Waals surface area contributed by atoms with E-state index < -0.39 is 9.84 Å². The number of hydrogen-bond donors (Lipinski definition) is 0. The van der Waals surface area contributed by atoms with Crippen molar-refractivity contribution in [3.05, 3.63) is 59.5 Å². The quantitative estimate of drug-likeness (QED) is 0.548. The third-order valence-corrected chi connectivity index (χ3v) is 8.87. The summed E-state index contributed by atoms with van der Waals surface area (Å²) in [6.45, 7) is 3.54. The van der Waals surface area contributed by atoms with Gasteiger partial charge in [-0.3, -0.25) is 0 Å². The van der Waals surface area contributed by atoms with Gasteiger partial charge in [0.15, 0.2) is 15.0 Å². The van der Waals surface area contributed by atoms with Gasteiger partial charge in [-0.2, -0.15) is 0 Å². The fourth-order valence-corrected chi connectivity index (χ4v) is 6.39. The van der Waals surface area contributed by atoms with Gasteiger partial charge >= 0.3 is 0 Å². The van der Waals surface area contributed by atoms with Crippen LogP contribution in [-0.2, 0) is 16.3 Å². The molecule has 3 aromatic rings. The number of aryl methyl sites for hydroxylation is 1. The van der Waals surface area contributed by atoms with Crippen molar-refractivity contribution in [3.8, 4) is 17.0 Å². The van der Waals surface area contributed by atoms with Gasteiger partial charge in [-0.1, -0.05) is 31.2 Å². The number of sulfone groups is 1. The van der Waals surface area contributed by atoms with Gasteiger partial charge in [0, 0.05) is 24.0 Å². The molecular formula is C23H26N2O3S2. The minimum absolute atomic E-state index is 0.358. The van der Waals surface area contributed by atoms with Crippen molar-refractivity contribution in [2.45, 2.75) is 36.3 Å². The topological polar surface area (TPSA) is 59.5 Å². The van der Waals surface area contributed by atoms with Crippen molar-refractivity contribution in [1.82, 2.24) is 4.98 Å². The van der Waals surface area contributed by atoms with Gasteiger partial charge in [0.05, 0.1) is 22.9 Å². The Morgan fingerprint density at radius 1 is 1.07 bits per heavy atom. The van der Waals surface area contributed by atoms with Crippen molar-refractivity contribution < 1.29 is 13.2 Å². The van der Waals surface area contributed by atoms with Crippen LogP contribution in [0.4, 0.5) is 5.13 Å². The number of benzene rings is 2. The molecule has 1 aliphatic heterocycles. The number of hydrogen-bond acceptors (Lipinski definition) is 6. The van der Waals surface area contributed by atoms with E-state index in [2.05, 4.69) is 41.5 Å². The van der Waals surface area contributed by atoms with Gasteiger partial charge in [-0.25, -0.2) is 13.4 Å². The number of piperidine rings is 1. The molecule has 7 heteroatoms. The SMILES string of the molecule is CCc1ccc(-c2csc(N3CCC(S(=O)(=O)c4ccc(OC)cc4)CC3)n2)cc1. The molecule has 1 aromatic heterocycles. The minimum Gasteiger partial charge on any atom is -0.497 e. The van der Waals surface area contributed by atoms with E-state index in [4.69, 9.17) is 9.72 Å². The predicted molar refractivity (Wildman–Crippen MR) is 122 cm³/mol. The van der Waals surface area contributed by atoms with E-state index in [9.17, 15) is 8.42 Å². The largest absolute Gasteiger partial charge is 0.497 e. The molecule has 0 unspecified atom stereocenters. The van der Waals surface area contributed by atoms with Crippen LogP contribution in [-0.4, -0.2) is 38.9 Å². The molecule has 158 valence electrons. The van der Waals surface area contributed by atoms with Gasteiger partial charge in [0.2, 0.25) is 0 Å². The fourth-order valence-electron chi connectivity index (χ4n) is 3.77. The number of thiazole rings is 1. The van der Waals surface area contributed by atoms with Gasteiger partial charge < -0.3 is 9.64 Å². The number of anilines is 1. The zero-order chi connectivity index (χ0) is 21.1. The van der Waals surface area contributed by atoms with Crippen LogP contribution in [0.1, 0.15) is 25.3 Å². The second-order valence-electron chi connectivity index (χ2n) is 7.47. The molecule has 0 amide bonds. The second kappa shape index (κ2) is 8.78. The lowest BCUT2D eigenvalue weighted by atomic mass is 10.1. The Kier molecular flexibility index (Phi) is 6.11. The highest BCUT2D eigenvalue weighted by Crippen LogP contribution is 2.32. The lowest BCUT2D eigenvalue weighted by molar-refractivity contribution is 0.414. The maximum atomic E-state index is 13.0. The molecule has 2 heterocycles. The van der Waals surface area contributed by atoms with Crippen molar-refractivity contribution >= 4 is 26.3 Å². The van der Waals surface area contributed by atoms with E-state index >= 15 is 0 Å². The predicted octanol–water partition coefficient (Wildman–Crippen LogP) is 4.82. The van der Waals surface area contributed by atoms with E-state index in [1.54, 1.807) is 42.7 Å². The zero-order valence-electron chi connectivity index (χ0n) is 17.2. The summed E-state index contributed by atoms with van der Waals surface area (Å²) >= 11 is 1.62. The first-order valence-corrected chi connectivity index (χ1v) is 12.6. The number of aromatic nitrogens is 1. The summed E-state index contributed by atoms with van der Waals surface area (Å²) in [6, 6.07) is 15.2. The van der Waals surface area contributed by atoms with Crippen LogP contribution in [0.3, 0.4) is 0 Å². The van der Waals surface area contributed by atoms with E-state index in [0.29, 0.717) is 36.6 Å². The van der Waals surface area contributed by atoms with Gasteiger partial charge in [-0.05, 0) is 49.1 Å². The first kappa shape index (κ1) is 20.9. The smallest absolute Gasteiger partial charge is 0.185 e. The van der Waals surface area contributed by atoms with Crippen molar-refractivity contribution in [2.75, 3.05) is 25.1 Å². The molecule has 30 heavy (non-hydrogen) atoms. The van der Waals surface area contributed by atoms with Crippen molar-refractivity contribution in [1.29, 1.82) is 0 Å². The van der Waals surface area contributed by atoms with Crippen LogP contribution in [0.15, 0.2) is 58.8 Å². The van der Waals surface area contributed by atoms with Crippen LogP contribution >= 0.6 is 11.3 Å². The third kappa shape index (κ3) is 4.23. The van der Waals surface area contributed by atoms with E-state index in [-0.39, 0.29) is 5.25 Å². The Morgan fingerprint density at radius 3 is 2.33 bits per heavy atom. The van der Waals surface area contributed by atoms with Crippen molar-refractivity contribution in [2.24, 2.45) is 0 Å². The summed E-state index contributed by atoms with van der Waals surface area (Å²) in [7, 11) is -1.76. The summed E-state index contributed by atoms with van der Waals surface area (Å²) in [5.74, 6) is 0.660. The molecule has 0 saturated carbocycles. The Balaban J connectivity index is 1.42. The summed E-state index contributed by atoms with van der Waals surface area (Å²) in [4.78, 5) is 7.38. The van der Waals surface area contributed by atoms with Crippen LogP contribution in [0, 0.1) is 0 Å². The molecule has 1 fully saturated rings. The van der Waals surface area contributed by atoms with Gasteiger partial charge in [0.25, 0.3) is 0 Å². The van der Waals surface area contributed by atoms with E-state index in [0.717, 1.165) is 22.8 Å². The van der Waals surface area contributed by atoms with E-state index in [1.165, 1.54) is 5.56 Å². The highest BCUT2D eigenvalue weighted by molar-refractivity contribution is 7.92. The van der Waals surface area contributed by atoms with Gasteiger partial charge in [-0.15, -0.1) is 11.3 Å². The molecule has 1 aliphatic rings. The highest BCUT2D eigenvalue weighted by atomic mass is 32.2. The number of ether oxygens (including phenoxy) is 1. The van der Waals surface area contributed by atoms with Crippen LogP contribution < -0.4 is 9.64 Å². The lowest BCUT2D eigenvalue weighted by Crippen LogP contribution is -2.39. The summed E-state index contributed by atoms with van der Waals surface area (Å²) in [5.41, 5.74) is 3.41. The molecule has 0 spiro atoms. The Hall–Kier alpha value is -2.38. The molecule has 4 rings (SSSR count). The maximum Gasteiger partial charge on any atom is 0.185 e. The third-order valence-electron chi connectivity index (χ3n) is 5.69. The average Bonchev–Trinajstić information content (AvgIpc) is 3.29. The van der Waals surface area contributed by atoms with E-state index in [1.807, 2.05) is 0 Å². The maximum absolute atomic E-state index is 13.0.